The molecule has 3 rings (SSSR count). The number of ether oxygens (including phenoxy) is 1. The first-order valence-electron chi connectivity index (χ1n) is 6.68. The molecule has 1 heterocycles. The normalized spacial score (nSPS) is 19.4. The number of para-hydroxylation sites is 1. The molecule has 0 bridgehead atoms. The van der Waals surface area contributed by atoms with Crippen molar-refractivity contribution in [2.45, 2.75) is 24.9 Å². The molecule has 0 atom stereocenters. The third-order valence-corrected chi connectivity index (χ3v) is 3.79. The van der Waals surface area contributed by atoms with Gasteiger partial charge in [-0.05, 0) is 31.4 Å². The number of hydrogen-bond donors (Lipinski definition) is 3. The summed E-state index contributed by atoms with van der Waals surface area (Å²) < 4.78 is 5.56. The summed E-state index contributed by atoms with van der Waals surface area (Å²) in [6.45, 7) is 1.61. The Labute approximate surface area is 112 Å². The van der Waals surface area contributed by atoms with E-state index in [1.54, 1.807) is 6.07 Å². The van der Waals surface area contributed by atoms with Gasteiger partial charge in [0.2, 0.25) is 0 Å². The minimum Gasteiger partial charge on any atom is -0.489 e. The molecule has 1 aromatic carbocycles. The first-order valence-corrected chi connectivity index (χ1v) is 6.68. The van der Waals surface area contributed by atoms with Gasteiger partial charge in [-0.2, -0.15) is 0 Å². The van der Waals surface area contributed by atoms with Crippen molar-refractivity contribution in [3.63, 3.8) is 0 Å². The molecule has 102 valence electrons. The largest absolute Gasteiger partial charge is 0.489 e. The van der Waals surface area contributed by atoms with Crippen molar-refractivity contribution in [3.05, 3.63) is 23.8 Å². The van der Waals surface area contributed by atoms with Crippen molar-refractivity contribution < 1.29 is 14.6 Å². The lowest BCUT2D eigenvalue weighted by Crippen LogP contribution is -2.47. The smallest absolute Gasteiger partial charge is 0.255 e. The lowest BCUT2D eigenvalue weighted by atomic mass is 9.80. The first kappa shape index (κ1) is 12.3. The molecule has 5 nitrogen and oxygen atoms in total. The van der Waals surface area contributed by atoms with Crippen LogP contribution >= 0.6 is 0 Å². The predicted octanol–water partition coefficient (Wildman–Crippen LogP) is 1.14. The maximum Gasteiger partial charge on any atom is 0.255 e. The fourth-order valence-corrected chi connectivity index (χ4v) is 2.45. The molecule has 1 aliphatic heterocycles. The molecule has 5 heteroatoms. The van der Waals surface area contributed by atoms with E-state index in [9.17, 15) is 9.90 Å². The van der Waals surface area contributed by atoms with Crippen molar-refractivity contribution in [2.75, 3.05) is 25.0 Å². The zero-order valence-electron chi connectivity index (χ0n) is 10.7. The summed E-state index contributed by atoms with van der Waals surface area (Å²) in [6.07, 6.45) is 2.55. The summed E-state index contributed by atoms with van der Waals surface area (Å²) >= 11 is 0. The highest BCUT2D eigenvalue weighted by Gasteiger charge is 2.34. The molecule has 0 spiro atoms. The van der Waals surface area contributed by atoms with E-state index in [4.69, 9.17) is 4.74 Å². The average molecular weight is 262 g/mol. The monoisotopic (exact) mass is 262 g/mol. The zero-order valence-corrected chi connectivity index (χ0v) is 10.7. The van der Waals surface area contributed by atoms with Crippen LogP contribution in [-0.2, 0) is 0 Å². The van der Waals surface area contributed by atoms with E-state index in [1.165, 1.54) is 0 Å². The molecule has 0 radical (unpaired) electrons. The zero-order chi connectivity index (χ0) is 13.3. The molecule has 3 N–H and O–H groups in total. The van der Waals surface area contributed by atoms with Gasteiger partial charge in [-0.25, -0.2) is 0 Å². The van der Waals surface area contributed by atoms with Gasteiger partial charge in [-0.15, -0.1) is 0 Å². The summed E-state index contributed by atoms with van der Waals surface area (Å²) in [4.78, 5) is 12.2. The van der Waals surface area contributed by atoms with Gasteiger partial charge in [0, 0.05) is 13.1 Å². The number of hydrogen-bond acceptors (Lipinski definition) is 4. The average Bonchev–Trinajstić information content (AvgIpc) is 2.42. The third-order valence-electron chi connectivity index (χ3n) is 3.79. The van der Waals surface area contributed by atoms with Crippen molar-refractivity contribution >= 4 is 11.6 Å². The Kier molecular flexibility index (Phi) is 3.06. The molecule has 0 aromatic heterocycles. The molecule has 1 fully saturated rings. The fourth-order valence-electron chi connectivity index (χ4n) is 2.45. The maximum absolute atomic E-state index is 12.2. The predicted molar refractivity (Wildman–Crippen MR) is 71.6 cm³/mol. The number of fused-ring (bicyclic) bond motifs is 1. The molecule has 1 aromatic rings. The van der Waals surface area contributed by atoms with Crippen LogP contribution in [0.5, 0.6) is 5.75 Å². The van der Waals surface area contributed by atoms with E-state index in [0.717, 1.165) is 31.5 Å². The first-order chi connectivity index (χ1) is 9.18. The van der Waals surface area contributed by atoms with Gasteiger partial charge >= 0.3 is 0 Å². The van der Waals surface area contributed by atoms with Gasteiger partial charge < -0.3 is 20.5 Å². The van der Waals surface area contributed by atoms with Gasteiger partial charge in [0.05, 0.1) is 16.9 Å². The maximum atomic E-state index is 12.2. The second-order valence-electron chi connectivity index (χ2n) is 5.22. The third kappa shape index (κ3) is 2.38. The lowest BCUT2D eigenvalue weighted by molar-refractivity contribution is -0.0300. The minimum atomic E-state index is -0.705. The van der Waals surface area contributed by atoms with Crippen LogP contribution in [0.15, 0.2) is 18.2 Å². The van der Waals surface area contributed by atoms with Gasteiger partial charge in [-0.3, -0.25) is 4.79 Å². The molecular formula is C14H18N2O3. The number of aliphatic hydroxyl groups is 1. The van der Waals surface area contributed by atoms with Gasteiger partial charge in [0.15, 0.2) is 5.75 Å². The second-order valence-corrected chi connectivity index (χ2v) is 5.22. The molecule has 1 aliphatic carbocycles. The molecule has 19 heavy (non-hydrogen) atoms. The number of rotatable bonds is 3. The van der Waals surface area contributed by atoms with Crippen LogP contribution in [0.2, 0.25) is 0 Å². The molecule has 0 saturated heterocycles. The van der Waals surface area contributed by atoms with E-state index >= 15 is 0 Å². The number of carbonyl (C=O) groups excluding carboxylic acids is 1. The summed E-state index contributed by atoms with van der Waals surface area (Å²) in [6, 6.07) is 5.46. The quantitative estimate of drug-likeness (QED) is 0.764. The van der Waals surface area contributed by atoms with Crippen molar-refractivity contribution in [1.29, 1.82) is 0 Å². The molecular weight excluding hydrogens is 244 g/mol. The Bertz CT molecular complexity index is 497. The molecule has 0 unspecified atom stereocenters. The number of anilines is 1. The summed E-state index contributed by atoms with van der Waals surface area (Å²) in [5, 5.41) is 16.0. The van der Waals surface area contributed by atoms with E-state index in [-0.39, 0.29) is 5.91 Å². The van der Waals surface area contributed by atoms with Crippen molar-refractivity contribution in [1.82, 2.24) is 5.32 Å². The van der Waals surface area contributed by atoms with Crippen LogP contribution in [-0.4, -0.2) is 36.3 Å². The van der Waals surface area contributed by atoms with E-state index in [1.807, 2.05) is 12.1 Å². The summed E-state index contributed by atoms with van der Waals surface area (Å²) in [5.74, 6) is 0.410. The van der Waals surface area contributed by atoms with E-state index in [2.05, 4.69) is 10.6 Å². The Morgan fingerprint density at radius 2 is 2.32 bits per heavy atom. The highest BCUT2D eigenvalue weighted by atomic mass is 16.5. The number of nitrogens with one attached hydrogen (secondary N) is 2. The van der Waals surface area contributed by atoms with Crippen LogP contribution in [0.4, 0.5) is 5.69 Å². The Morgan fingerprint density at radius 1 is 1.47 bits per heavy atom. The Balaban J connectivity index is 1.72. The lowest BCUT2D eigenvalue weighted by Gasteiger charge is -2.36. The van der Waals surface area contributed by atoms with E-state index in [0.29, 0.717) is 24.5 Å². The van der Waals surface area contributed by atoms with Crippen LogP contribution in [0, 0.1) is 0 Å². The molecule has 2 aliphatic rings. The van der Waals surface area contributed by atoms with Crippen LogP contribution in [0.3, 0.4) is 0 Å². The highest BCUT2D eigenvalue weighted by molar-refractivity contribution is 5.99. The molecule has 1 saturated carbocycles. The van der Waals surface area contributed by atoms with E-state index < -0.39 is 5.60 Å². The Morgan fingerprint density at radius 3 is 3.05 bits per heavy atom. The van der Waals surface area contributed by atoms with Crippen molar-refractivity contribution in [2.24, 2.45) is 0 Å². The van der Waals surface area contributed by atoms with Gasteiger partial charge in [-0.1, -0.05) is 6.07 Å². The highest BCUT2D eigenvalue weighted by Crippen LogP contribution is 2.32. The number of benzene rings is 1. The Hall–Kier alpha value is -1.75. The fraction of sp³-hybridized carbons (Fsp3) is 0.500. The number of carbonyl (C=O) groups is 1. The summed E-state index contributed by atoms with van der Waals surface area (Å²) in [5.41, 5.74) is 0.665. The number of amides is 1. The topological polar surface area (TPSA) is 70.6 Å². The van der Waals surface area contributed by atoms with Gasteiger partial charge in [0.25, 0.3) is 5.91 Å². The minimum absolute atomic E-state index is 0.194. The van der Waals surface area contributed by atoms with Crippen molar-refractivity contribution in [3.8, 4) is 5.75 Å². The van der Waals surface area contributed by atoms with Crippen LogP contribution in [0.1, 0.15) is 29.6 Å². The summed E-state index contributed by atoms with van der Waals surface area (Å²) in [7, 11) is 0. The van der Waals surface area contributed by atoms with Crippen LogP contribution < -0.4 is 15.4 Å². The standard InChI is InChI=1S/C14H18N2O3/c17-13(16-9-14(18)5-2-6-14)10-3-1-4-11-12(10)19-8-7-15-11/h1,3-4,15,18H,2,5-9H2,(H,16,17). The van der Waals surface area contributed by atoms with Gasteiger partial charge in [0.1, 0.15) is 6.61 Å². The molecule has 1 amide bonds. The second kappa shape index (κ2) is 4.74. The van der Waals surface area contributed by atoms with Crippen LogP contribution in [0.25, 0.3) is 0 Å². The SMILES string of the molecule is O=C(NCC1(O)CCC1)c1cccc2c1OCCN2.